The molecule has 0 aliphatic carbocycles. The summed E-state index contributed by atoms with van der Waals surface area (Å²) in [6, 6.07) is 3.02. The molecule has 1 saturated heterocycles. The number of nitrogens with zero attached hydrogens (tertiary/aromatic N) is 1. The van der Waals surface area contributed by atoms with Gasteiger partial charge in [-0.05, 0) is 44.4 Å². The number of rotatable bonds is 3. The van der Waals surface area contributed by atoms with E-state index in [4.69, 9.17) is 5.14 Å². The van der Waals surface area contributed by atoms with Crippen LogP contribution in [0, 0.1) is 5.82 Å². The summed E-state index contributed by atoms with van der Waals surface area (Å²) in [6.07, 6.45) is 2.49. The van der Waals surface area contributed by atoms with Crippen molar-refractivity contribution in [3.05, 3.63) is 29.6 Å². The highest BCUT2D eigenvalue weighted by atomic mass is 32.2. The Morgan fingerprint density at radius 3 is 2.67 bits per heavy atom. The highest BCUT2D eigenvalue weighted by Gasteiger charge is 2.35. The minimum absolute atomic E-state index is 0.000883. The van der Waals surface area contributed by atoms with E-state index in [1.807, 2.05) is 13.8 Å². The molecule has 0 spiro atoms. The molecule has 21 heavy (non-hydrogen) atoms. The molecule has 1 aliphatic heterocycles. The number of amides is 1. The zero-order valence-corrected chi connectivity index (χ0v) is 12.9. The quantitative estimate of drug-likeness (QED) is 0.925. The van der Waals surface area contributed by atoms with Crippen LogP contribution in [0.4, 0.5) is 4.39 Å². The van der Waals surface area contributed by atoms with E-state index >= 15 is 0 Å². The van der Waals surface area contributed by atoms with E-state index in [-0.39, 0.29) is 22.5 Å². The van der Waals surface area contributed by atoms with Crippen LogP contribution in [0.2, 0.25) is 0 Å². The maximum absolute atomic E-state index is 13.5. The van der Waals surface area contributed by atoms with Gasteiger partial charge in [0.25, 0.3) is 5.91 Å². The summed E-state index contributed by atoms with van der Waals surface area (Å²) >= 11 is 0. The molecule has 1 aromatic carbocycles. The summed E-state index contributed by atoms with van der Waals surface area (Å²) in [4.78, 5) is 14.0. The lowest BCUT2D eigenvalue weighted by Crippen LogP contribution is -2.40. The van der Waals surface area contributed by atoms with Gasteiger partial charge in [0.2, 0.25) is 10.0 Å². The van der Waals surface area contributed by atoms with Crippen molar-refractivity contribution < 1.29 is 17.6 Å². The average molecular weight is 314 g/mol. The SMILES string of the molecule is CCC1CCC(C)N1C(=O)c1cc(F)ccc1S(N)(=O)=O. The van der Waals surface area contributed by atoms with Crippen LogP contribution in [0.5, 0.6) is 0 Å². The maximum Gasteiger partial charge on any atom is 0.255 e. The van der Waals surface area contributed by atoms with Gasteiger partial charge in [-0.2, -0.15) is 0 Å². The van der Waals surface area contributed by atoms with Gasteiger partial charge in [0, 0.05) is 12.1 Å². The molecule has 1 heterocycles. The minimum atomic E-state index is -4.08. The summed E-state index contributed by atoms with van der Waals surface area (Å²) in [5.41, 5.74) is -0.190. The molecule has 2 unspecified atom stereocenters. The first-order valence-corrected chi connectivity index (χ1v) is 8.45. The lowest BCUT2D eigenvalue weighted by Gasteiger charge is -2.28. The molecule has 5 nitrogen and oxygen atoms in total. The number of carbonyl (C=O) groups is 1. The zero-order valence-electron chi connectivity index (χ0n) is 12.0. The molecule has 0 saturated carbocycles. The van der Waals surface area contributed by atoms with Gasteiger partial charge in [-0.3, -0.25) is 4.79 Å². The number of benzene rings is 1. The number of nitrogens with two attached hydrogens (primary N) is 1. The van der Waals surface area contributed by atoms with Gasteiger partial charge < -0.3 is 4.90 Å². The predicted molar refractivity (Wildman–Crippen MR) is 76.7 cm³/mol. The Morgan fingerprint density at radius 2 is 2.10 bits per heavy atom. The number of hydrogen-bond acceptors (Lipinski definition) is 3. The van der Waals surface area contributed by atoms with Gasteiger partial charge in [-0.15, -0.1) is 0 Å². The highest BCUT2D eigenvalue weighted by Crippen LogP contribution is 2.29. The number of likely N-dealkylation sites (tertiary alicyclic amines) is 1. The number of hydrogen-bond donors (Lipinski definition) is 1. The van der Waals surface area contributed by atoms with Gasteiger partial charge in [0.15, 0.2) is 0 Å². The lowest BCUT2D eigenvalue weighted by atomic mass is 10.1. The number of halogens is 1. The number of primary sulfonamides is 1. The molecular weight excluding hydrogens is 295 g/mol. The summed E-state index contributed by atoms with van der Waals surface area (Å²) in [5.74, 6) is -1.14. The molecule has 1 amide bonds. The van der Waals surface area contributed by atoms with Crippen molar-refractivity contribution >= 4 is 15.9 Å². The van der Waals surface area contributed by atoms with Crippen molar-refractivity contribution in [2.45, 2.75) is 50.1 Å². The van der Waals surface area contributed by atoms with E-state index in [9.17, 15) is 17.6 Å². The van der Waals surface area contributed by atoms with Crippen LogP contribution in [-0.4, -0.2) is 31.3 Å². The fraction of sp³-hybridized carbons (Fsp3) is 0.500. The van der Waals surface area contributed by atoms with E-state index in [1.54, 1.807) is 4.90 Å². The lowest BCUT2D eigenvalue weighted by molar-refractivity contribution is 0.0671. The summed E-state index contributed by atoms with van der Waals surface area (Å²) < 4.78 is 36.7. The summed E-state index contributed by atoms with van der Waals surface area (Å²) in [5, 5.41) is 5.12. The Kier molecular flexibility index (Phi) is 4.34. The van der Waals surface area contributed by atoms with Crippen molar-refractivity contribution in [1.29, 1.82) is 0 Å². The van der Waals surface area contributed by atoms with Crippen molar-refractivity contribution in [1.82, 2.24) is 4.90 Å². The second-order valence-corrected chi connectivity index (χ2v) is 6.92. The van der Waals surface area contributed by atoms with Crippen molar-refractivity contribution in [3.8, 4) is 0 Å². The molecule has 1 aliphatic rings. The summed E-state index contributed by atoms with van der Waals surface area (Å²) in [6.45, 7) is 3.87. The first-order chi connectivity index (χ1) is 9.75. The van der Waals surface area contributed by atoms with Crippen LogP contribution in [0.3, 0.4) is 0 Å². The van der Waals surface area contributed by atoms with E-state index < -0.39 is 21.7 Å². The number of sulfonamides is 1. The van der Waals surface area contributed by atoms with Gasteiger partial charge in [0.1, 0.15) is 5.82 Å². The Morgan fingerprint density at radius 1 is 1.43 bits per heavy atom. The Hall–Kier alpha value is -1.47. The molecule has 116 valence electrons. The van der Waals surface area contributed by atoms with E-state index in [0.29, 0.717) is 0 Å². The molecule has 1 aromatic rings. The minimum Gasteiger partial charge on any atom is -0.333 e. The van der Waals surface area contributed by atoms with Gasteiger partial charge in [-0.1, -0.05) is 6.92 Å². The molecule has 2 rings (SSSR count). The largest absolute Gasteiger partial charge is 0.333 e. The van der Waals surface area contributed by atoms with Crippen LogP contribution >= 0.6 is 0 Å². The molecule has 1 fully saturated rings. The van der Waals surface area contributed by atoms with Crippen LogP contribution in [0.25, 0.3) is 0 Å². The molecular formula is C14H19FN2O3S. The van der Waals surface area contributed by atoms with E-state index in [0.717, 1.165) is 37.5 Å². The van der Waals surface area contributed by atoms with E-state index in [2.05, 4.69) is 0 Å². The second-order valence-electron chi connectivity index (χ2n) is 5.39. The topological polar surface area (TPSA) is 80.5 Å². The molecule has 2 N–H and O–H groups in total. The normalized spacial score (nSPS) is 22.6. The molecule has 7 heteroatoms. The smallest absolute Gasteiger partial charge is 0.255 e. The van der Waals surface area contributed by atoms with Gasteiger partial charge in [-0.25, -0.2) is 17.9 Å². The van der Waals surface area contributed by atoms with Gasteiger partial charge in [0.05, 0.1) is 10.5 Å². The Bertz CT molecular complexity index is 660. The zero-order chi connectivity index (χ0) is 15.8. The monoisotopic (exact) mass is 314 g/mol. The first-order valence-electron chi connectivity index (χ1n) is 6.90. The number of carbonyl (C=O) groups excluding carboxylic acids is 1. The molecule has 0 aromatic heterocycles. The Balaban J connectivity index is 2.50. The third-order valence-corrected chi connectivity index (χ3v) is 4.94. The fourth-order valence-electron chi connectivity index (χ4n) is 2.89. The van der Waals surface area contributed by atoms with Gasteiger partial charge >= 0.3 is 0 Å². The average Bonchev–Trinajstić information content (AvgIpc) is 2.77. The van der Waals surface area contributed by atoms with Crippen LogP contribution in [0.15, 0.2) is 23.1 Å². The van der Waals surface area contributed by atoms with Crippen LogP contribution in [0.1, 0.15) is 43.5 Å². The van der Waals surface area contributed by atoms with Crippen molar-refractivity contribution in [2.75, 3.05) is 0 Å². The highest BCUT2D eigenvalue weighted by molar-refractivity contribution is 7.89. The standard InChI is InChI=1S/C14H19FN2O3S/c1-3-11-6-4-9(2)17(11)14(18)12-8-10(15)5-7-13(12)21(16,19)20/h5,7-9,11H,3-4,6H2,1-2H3,(H2,16,19,20). The fourth-order valence-corrected chi connectivity index (χ4v) is 3.61. The van der Waals surface area contributed by atoms with E-state index in [1.165, 1.54) is 0 Å². The second kappa shape index (κ2) is 5.73. The third kappa shape index (κ3) is 3.08. The third-order valence-electron chi connectivity index (χ3n) is 3.97. The molecule has 0 radical (unpaired) electrons. The van der Waals surface area contributed by atoms with Crippen molar-refractivity contribution in [2.24, 2.45) is 5.14 Å². The summed E-state index contributed by atoms with van der Waals surface area (Å²) in [7, 11) is -4.08. The van der Waals surface area contributed by atoms with Crippen molar-refractivity contribution in [3.63, 3.8) is 0 Å². The predicted octanol–water partition coefficient (Wildman–Crippen LogP) is 1.88. The Labute approximate surface area is 124 Å². The molecule has 2 atom stereocenters. The first kappa shape index (κ1) is 15.9. The van der Waals surface area contributed by atoms with Crippen LogP contribution in [-0.2, 0) is 10.0 Å². The maximum atomic E-state index is 13.5. The van der Waals surface area contributed by atoms with Crippen LogP contribution < -0.4 is 5.14 Å². The molecule has 0 bridgehead atoms.